The van der Waals surface area contributed by atoms with E-state index in [0.717, 1.165) is 17.9 Å². The molecule has 0 amide bonds. The minimum Gasteiger partial charge on any atom is -0.397 e. The predicted molar refractivity (Wildman–Crippen MR) is 74.6 cm³/mol. The molecule has 0 atom stereocenters. The molecule has 4 heteroatoms. The van der Waals surface area contributed by atoms with Crippen LogP contribution in [0.5, 0.6) is 0 Å². The molecule has 0 heterocycles. The van der Waals surface area contributed by atoms with Gasteiger partial charge in [-0.25, -0.2) is 0 Å². The molecule has 3 nitrogen and oxygen atoms in total. The SMILES string of the molecule is CN(C)C1(CNc2cc(Cl)ccc2N)CCC1. The van der Waals surface area contributed by atoms with Crippen LogP contribution in [0.15, 0.2) is 18.2 Å². The number of hydrogen-bond donors (Lipinski definition) is 2. The number of halogens is 1. The number of nitrogens with one attached hydrogen (secondary N) is 1. The van der Waals surface area contributed by atoms with Gasteiger partial charge in [-0.05, 0) is 51.6 Å². The van der Waals surface area contributed by atoms with Gasteiger partial charge in [0.2, 0.25) is 0 Å². The molecule has 0 aliphatic heterocycles. The van der Waals surface area contributed by atoms with E-state index in [1.54, 1.807) is 0 Å². The number of anilines is 2. The molecule has 1 aliphatic carbocycles. The molecule has 1 saturated carbocycles. The van der Waals surface area contributed by atoms with Crippen LogP contribution in [0.25, 0.3) is 0 Å². The second-order valence-electron chi connectivity index (χ2n) is 5.06. The second-order valence-corrected chi connectivity index (χ2v) is 5.49. The molecule has 2 rings (SSSR count). The van der Waals surface area contributed by atoms with E-state index in [0.29, 0.717) is 5.02 Å². The van der Waals surface area contributed by atoms with Gasteiger partial charge in [0.25, 0.3) is 0 Å². The Bertz CT molecular complexity index is 400. The van der Waals surface area contributed by atoms with Crippen molar-refractivity contribution in [3.05, 3.63) is 23.2 Å². The highest BCUT2D eigenvalue weighted by molar-refractivity contribution is 6.31. The number of nitrogens with two attached hydrogens (primary N) is 1. The van der Waals surface area contributed by atoms with Crippen molar-refractivity contribution in [2.45, 2.75) is 24.8 Å². The zero-order valence-corrected chi connectivity index (χ0v) is 11.2. The van der Waals surface area contributed by atoms with Crippen LogP contribution in [0, 0.1) is 0 Å². The molecular weight excluding hydrogens is 234 g/mol. The van der Waals surface area contributed by atoms with Crippen LogP contribution in [-0.4, -0.2) is 31.1 Å². The molecule has 3 N–H and O–H groups in total. The lowest BCUT2D eigenvalue weighted by molar-refractivity contribution is 0.0739. The number of hydrogen-bond acceptors (Lipinski definition) is 3. The van der Waals surface area contributed by atoms with Crippen molar-refractivity contribution >= 4 is 23.0 Å². The van der Waals surface area contributed by atoms with Gasteiger partial charge in [0.05, 0.1) is 11.4 Å². The van der Waals surface area contributed by atoms with E-state index in [2.05, 4.69) is 24.3 Å². The lowest BCUT2D eigenvalue weighted by Crippen LogP contribution is -2.54. The quantitative estimate of drug-likeness (QED) is 0.811. The first kappa shape index (κ1) is 12.5. The molecule has 0 aromatic heterocycles. The third-order valence-electron chi connectivity index (χ3n) is 3.86. The van der Waals surface area contributed by atoms with Crippen molar-refractivity contribution in [1.29, 1.82) is 0 Å². The topological polar surface area (TPSA) is 41.3 Å². The average Bonchev–Trinajstić information content (AvgIpc) is 2.21. The van der Waals surface area contributed by atoms with Crippen LogP contribution in [0.3, 0.4) is 0 Å². The highest BCUT2D eigenvalue weighted by Crippen LogP contribution is 2.36. The molecule has 0 saturated heterocycles. The zero-order valence-electron chi connectivity index (χ0n) is 10.5. The summed E-state index contributed by atoms with van der Waals surface area (Å²) in [6.45, 7) is 0.921. The molecule has 0 radical (unpaired) electrons. The van der Waals surface area contributed by atoms with Gasteiger partial charge in [-0.15, -0.1) is 0 Å². The minimum absolute atomic E-state index is 0.286. The maximum atomic E-state index is 5.97. The Morgan fingerprint density at radius 3 is 2.65 bits per heavy atom. The Kier molecular flexibility index (Phi) is 3.50. The van der Waals surface area contributed by atoms with Gasteiger partial charge < -0.3 is 16.0 Å². The van der Waals surface area contributed by atoms with E-state index in [-0.39, 0.29) is 5.54 Å². The molecule has 0 spiro atoms. The summed E-state index contributed by atoms with van der Waals surface area (Å²) in [5.41, 5.74) is 7.89. The van der Waals surface area contributed by atoms with Gasteiger partial charge in [0.15, 0.2) is 0 Å². The van der Waals surface area contributed by atoms with Gasteiger partial charge in [-0.1, -0.05) is 11.6 Å². The number of likely N-dealkylation sites (N-methyl/N-ethyl adjacent to an activating group) is 1. The maximum Gasteiger partial charge on any atom is 0.0589 e. The Morgan fingerprint density at radius 1 is 1.41 bits per heavy atom. The van der Waals surface area contributed by atoms with Crippen molar-refractivity contribution in [1.82, 2.24) is 4.90 Å². The third kappa shape index (κ3) is 2.50. The first-order chi connectivity index (χ1) is 8.03. The summed E-state index contributed by atoms with van der Waals surface area (Å²) < 4.78 is 0. The van der Waals surface area contributed by atoms with Gasteiger partial charge in [0.1, 0.15) is 0 Å². The smallest absolute Gasteiger partial charge is 0.0589 e. The third-order valence-corrected chi connectivity index (χ3v) is 4.09. The fourth-order valence-corrected chi connectivity index (χ4v) is 2.48. The fourth-order valence-electron chi connectivity index (χ4n) is 2.31. The number of benzene rings is 1. The fraction of sp³-hybridized carbons (Fsp3) is 0.538. The number of nitrogen functional groups attached to an aromatic ring is 1. The van der Waals surface area contributed by atoms with Crippen molar-refractivity contribution in [2.24, 2.45) is 0 Å². The van der Waals surface area contributed by atoms with Crippen molar-refractivity contribution in [2.75, 3.05) is 31.7 Å². The van der Waals surface area contributed by atoms with Crippen LogP contribution < -0.4 is 11.1 Å². The minimum atomic E-state index is 0.286. The molecule has 1 aliphatic rings. The van der Waals surface area contributed by atoms with E-state index < -0.39 is 0 Å². The first-order valence-electron chi connectivity index (χ1n) is 6.00. The van der Waals surface area contributed by atoms with Crippen LogP contribution in [0.2, 0.25) is 5.02 Å². The molecule has 0 bridgehead atoms. The van der Waals surface area contributed by atoms with Crippen molar-refractivity contribution in [3.63, 3.8) is 0 Å². The van der Waals surface area contributed by atoms with E-state index in [1.807, 2.05) is 18.2 Å². The first-order valence-corrected chi connectivity index (χ1v) is 6.38. The van der Waals surface area contributed by atoms with E-state index in [1.165, 1.54) is 19.3 Å². The average molecular weight is 254 g/mol. The standard InChI is InChI=1S/C13H20ClN3/c1-17(2)13(6-3-7-13)9-16-12-8-10(14)4-5-11(12)15/h4-5,8,16H,3,6-7,9,15H2,1-2H3. The predicted octanol–water partition coefficient (Wildman–Crippen LogP) is 2.82. The lowest BCUT2D eigenvalue weighted by atomic mass is 9.75. The Balaban J connectivity index is 2.04. The zero-order chi connectivity index (χ0) is 12.5. The Morgan fingerprint density at radius 2 is 2.12 bits per heavy atom. The number of nitrogens with zero attached hydrogens (tertiary/aromatic N) is 1. The second kappa shape index (κ2) is 4.75. The molecule has 0 unspecified atom stereocenters. The van der Waals surface area contributed by atoms with Gasteiger partial charge in [-0.2, -0.15) is 0 Å². The Hall–Kier alpha value is -0.930. The molecule has 1 aromatic carbocycles. The largest absolute Gasteiger partial charge is 0.397 e. The van der Waals surface area contributed by atoms with Crippen molar-refractivity contribution in [3.8, 4) is 0 Å². The molecule has 17 heavy (non-hydrogen) atoms. The van der Waals surface area contributed by atoms with Gasteiger partial charge in [0, 0.05) is 17.1 Å². The van der Waals surface area contributed by atoms with Crippen molar-refractivity contribution < 1.29 is 0 Å². The molecular formula is C13H20ClN3. The monoisotopic (exact) mass is 253 g/mol. The molecule has 94 valence electrons. The summed E-state index contributed by atoms with van der Waals surface area (Å²) in [5, 5.41) is 4.14. The molecule has 1 aromatic rings. The van der Waals surface area contributed by atoms with Crippen LogP contribution >= 0.6 is 11.6 Å². The van der Waals surface area contributed by atoms with Crippen LogP contribution in [-0.2, 0) is 0 Å². The summed E-state index contributed by atoms with van der Waals surface area (Å²) in [7, 11) is 4.28. The highest BCUT2D eigenvalue weighted by Gasteiger charge is 2.38. The molecule has 1 fully saturated rings. The highest BCUT2D eigenvalue weighted by atomic mass is 35.5. The Labute approximate surface area is 108 Å². The van der Waals surface area contributed by atoms with Gasteiger partial charge >= 0.3 is 0 Å². The summed E-state index contributed by atoms with van der Waals surface area (Å²) in [6.07, 6.45) is 3.80. The van der Waals surface area contributed by atoms with Crippen LogP contribution in [0.4, 0.5) is 11.4 Å². The summed E-state index contributed by atoms with van der Waals surface area (Å²) in [5.74, 6) is 0. The van der Waals surface area contributed by atoms with Gasteiger partial charge in [-0.3, -0.25) is 0 Å². The number of rotatable bonds is 4. The van der Waals surface area contributed by atoms with E-state index in [9.17, 15) is 0 Å². The summed E-state index contributed by atoms with van der Waals surface area (Å²) in [6, 6.07) is 5.54. The van der Waals surface area contributed by atoms with Crippen LogP contribution in [0.1, 0.15) is 19.3 Å². The summed E-state index contributed by atoms with van der Waals surface area (Å²) >= 11 is 5.97. The van der Waals surface area contributed by atoms with E-state index in [4.69, 9.17) is 17.3 Å². The normalized spacial score (nSPS) is 17.9. The van der Waals surface area contributed by atoms with E-state index >= 15 is 0 Å². The lowest BCUT2D eigenvalue weighted by Gasteiger charge is -2.47. The summed E-state index contributed by atoms with van der Waals surface area (Å²) in [4.78, 5) is 2.31. The maximum absolute atomic E-state index is 5.97.